The van der Waals surface area contributed by atoms with Crippen molar-refractivity contribution < 1.29 is 18.3 Å². The van der Waals surface area contributed by atoms with Gasteiger partial charge in [0.05, 0.1) is 17.0 Å². The van der Waals surface area contributed by atoms with E-state index in [9.17, 15) is 18.3 Å². The van der Waals surface area contributed by atoms with E-state index in [0.717, 1.165) is 32.1 Å². The van der Waals surface area contributed by atoms with Crippen molar-refractivity contribution in [1.29, 1.82) is 0 Å². The van der Waals surface area contributed by atoms with Gasteiger partial charge in [0.15, 0.2) is 0 Å². The number of hydrogen-bond donors (Lipinski definition) is 2. The second-order valence-electron chi connectivity index (χ2n) is 6.73. The first kappa shape index (κ1) is 22.2. The van der Waals surface area contributed by atoms with Gasteiger partial charge in [-0.25, -0.2) is 13.2 Å². The predicted molar refractivity (Wildman–Crippen MR) is 115 cm³/mol. The molecule has 0 bridgehead atoms. The Morgan fingerprint density at radius 2 is 1.71 bits per heavy atom. The number of nitrogens with one attached hydrogen (secondary N) is 1. The predicted octanol–water partition coefficient (Wildman–Crippen LogP) is 5.81. The van der Waals surface area contributed by atoms with Crippen LogP contribution in [0.4, 0.5) is 5.69 Å². The third-order valence-corrected chi connectivity index (χ3v) is 6.15. The highest BCUT2D eigenvalue weighted by molar-refractivity contribution is 7.92. The Hall–Kier alpha value is -2.05. The first-order valence-corrected chi connectivity index (χ1v) is 11.5. The monoisotopic (exact) mass is 423 g/mol. The molecule has 0 spiro atoms. The lowest BCUT2D eigenvalue weighted by Crippen LogP contribution is -2.18. The lowest BCUT2D eigenvalue weighted by Gasteiger charge is -2.13. The zero-order chi connectivity index (χ0) is 20.6. The molecule has 0 heterocycles. The van der Waals surface area contributed by atoms with Crippen molar-refractivity contribution in [3.8, 4) is 11.1 Å². The van der Waals surface area contributed by atoms with Gasteiger partial charge in [0, 0.05) is 10.6 Å². The number of sulfonamides is 1. The molecule has 152 valence electrons. The van der Waals surface area contributed by atoms with Gasteiger partial charge in [-0.3, -0.25) is 4.72 Å². The van der Waals surface area contributed by atoms with Crippen molar-refractivity contribution in [2.24, 2.45) is 0 Å². The van der Waals surface area contributed by atoms with E-state index in [2.05, 4.69) is 11.6 Å². The Morgan fingerprint density at radius 3 is 2.39 bits per heavy atom. The minimum atomic E-state index is -3.64. The fourth-order valence-corrected chi connectivity index (χ4v) is 4.40. The molecule has 0 saturated heterocycles. The van der Waals surface area contributed by atoms with Crippen LogP contribution in [0.15, 0.2) is 42.5 Å². The van der Waals surface area contributed by atoms with E-state index >= 15 is 0 Å². The first-order chi connectivity index (χ1) is 13.3. The Bertz CT molecular complexity index is 912. The summed E-state index contributed by atoms with van der Waals surface area (Å²) in [7, 11) is -3.64. The first-order valence-electron chi connectivity index (χ1n) is 9.47. The molecule has 2 aromatic carbocycles. The number of carboxylic acids is 1. The van der Waals surface area contributed by atoms with Gasteiger partial charge in [-0.05, 0) is 30.2 Å². The summed E-state index contributed by atoms with van der Waals surface area (Å²) in [4.78, 5) is 11.5. The van der Waals surface area contributed by atoms with Crippen LogP contribution < -0.4 is 4.72 Å². The molecule has 2 aromatic rings. The van der Waals surface area contributed by atoms with E-state index in [1.54, 1.807) is 24.3 Å². The summed E-state index contributed by atoms with van der Waals surface area (Å²) in [6.07, 6.45) is 5.79. The van der Waals surface area contributed by atoms with E-state index in [1.807, 2.05) is 6.07 Å². The molecule has 2 N–H and O–H groups in total. The average molecular weight is 424 g/mol. The summed E-state index contributed by atoms with van der Waals surface area (Å²) >= 11 is 6.21. The van der Waals surface area contributed by atoms with Crippen LogP contribution >= 0.6 is 11.6 Å². The third-order valence-electron chi connectivity index (χ3n) is 4.47. The highest BCUT2D eigenvalue weighted by Gasteiger charge is 2.18. The van der Waals surface area contributed by atoms with E-state index in [0.29, 0.717) is 22.6 Å². The highest BCUT2D eigenvalue weighted by atomic mass is 35.5. The van der Waals surface area contributed by atoms with Crippen LogP contribution in [0, 0.1) is 0 Å². The SMILES string of the molecule is CCCCCCCCS(=O)(=O)Nc1cc(-c2ccccc2Cl)ccc1C(=O)O. The molecule has 0 aromatic heterocycles. The molecule has 0 aliphatic heterocycles. The third kappa shape index (κ3) is 6.53. The molecule has 7 heteroatoms. The second kappa shape index (κ2) is 10.5. The molecule has 0 aliphatic carbocycles. The van der Waals surface area contributed by atoms with Crippen LogP contribution in [0.1, 0.15) is 55.8 Å². The number of unbranched alkanes of at least 4 members (excludes halogenated alkanes) is 5. The standard InChI is InChI=1S/C21H26ClNO4S/c1-2-3-4-5-6-9-14-28(26,27)23-20-15-16(12-13-18(20)21(24)25)17-10-7-8-11-19(17)22/h7-8,10-13,15,23H,2-6,9,14H2,1H3,(H,24,25). The molecule has 0 unspecified atom stereocenters. The fraction of sp³-hybridized carbons (Fsp3) is 0.381. The van der Waals surface area contributed by atoms with Crippen LogP contribution in [-0.4, -0.2) is 25.2 Å². The smallest absolute Gasteiger partial charge is 0.337 e. The Balaban J connectivity index is 2.17. The topological polar surface area (TPSA) is 83.5 Å². The number of benzene rings is 2. The van der Waals surface area contributed by atoms with Crippen LogP contribution in [0.2, 0.25) is 5.02 Å². The molecule has 0 radical (unpaired) electrons. The van der Waals surface area contributed by atoms with Crippen molar-refractivity contribution in [3.05, 3.63) is 53.1 Å². The molecule has 0 aliphatic rings. The van der Waals surface area contributed by atoms with Crippen molar-refractivity contribution in [3.63, 3.8) is 0 Å². The minimum Gasteiger partial charge on any atom is -0.478 e. The number of carbonyl (C=O) groups is 1. The van der Waals surface area contributed by atoms with Crippen LogP contribution in [0.5, 0.6) is 0 Å². The van der Waals surface area contributed by atoms with Crippen LogP contribution in [0.25, 0.3) is 11.1 Å². The quantitative estimate of drug-likeness (QED) is 0.447. The zero-order valence-corrected chi connectivity index (χ0v) is 17.5. The number of anilines is 1. The molecular weight excluding hydrogens is 398 g/mol. The van der Waals surface area contributed by atoms with Crippen molar-refractivity contribution >= 4 is 33.3 Å². The maximum absolute atomic E-state index is 12.4. The van der Waals surface area contributed by atoms with Gasteiger partial charge in [-0.1, -0.05) is 74.9 Å². The van der Waals surface area contributed by atoms with E-state index in [-0.39, 0.29) is 17.0 Å². The maximum atomic E-state index is 12.4. The molecule has 5 nitrogen and oxygen atoms in total. The van der Waals surface area contributed by atoms with Crippen LogP contribution in [-0.2, 0) is 10.0 Å². The van der Waals surface area contributed by atoms with Crippen LogP contribution in [0.3, 0.4) is 0 Å². The summed E-state index contributed by atoms with van der Waals surface area (Å²) in [5.41, 5.74) is 1.31. The van der Waals surface area contributed by atoms with Crippen molar-refractivity contribution in [1.82, 2.24) is 0 Å². The molecule has 28 heavy (non-hydrogen) atoms. The Morgan fingerprint density at radius 1 is 1.04 bits per heavy atom. The number of aromatic carboxylic acids is 1. The maximum Gasteiger partial charge on any atom is 0.337 e. The zero-order valence-electron chi connectivity index (χ0n) is 15.9. The Kier molecular flexibility index (Phi) is 8.33. The van der Waals surface area contributed by atoms with Gasteiger partial charge in [-0.2, -0.15) is 0 Å². The van der Waals surface area contributed by atoms with Gasteiger partial charge in [-0.15, -0.1) is 0 Å². The van der Waals surface area contributed by atoms with E-state index < -0.39 is 16.0 Å². The second-order valence-corrected chi connectivity index (χ2v) is 8.98. The summed E-state index contributed by atoms with van der Waals surface area (Å²) < 4.78 is 27.3. The van der Waals surface area contributed by atoms with Gasteiger partial charge >= 0.3 is 5.97 Å². The molecular formula is C21H26ClNO4S. The highest BCUT2D eigenvalue weighted by Crippen LogP contribution is 2.31. The summed E-state index contributed by atoms with van der Waals surface area (Å²) in [6, 6.07) is 11.7. The summed E-state index contributed by atoms with van der Waals surface area (Å²) in [5.74, 6) is -1.22. The molecule has 0 fully saturated rings. The van der Waals surface area contributed by atoms with Crippen molar-refractivity contribution in [2.75, 3.05) is 10.5 Å². The number of hydrogen-bond acceptors (Lipinski definition) is 3. The van der Waals surface area contributed by atoms with Gasteiger partial charge in [0.25, 0.3) is 0 Å². The molecule has 0 atom stereocenters. The molecule has 0 amide bonds. The summed E-state index contributed by atoms with van der Waals surface area (Å²) in [5, 5.41) is 9.92. The average Bonchev–Trinajstić information content (AvgIpc) is 2.64. The molecule has 2 rings (SSSR count). The van der Waals surface area contributed by atoms with Crippen molar-refractivity contribution in [2.45, 2.75) is 45.4 Å². The van der Waals surface area contributed by atoms with E-state index in [4.69, 9.17) is 11.6 Å². The van der Waals surface area contributed by atoms with Gasteiger partial charge < -0.3 is 5.11 Å². The fourth-order valence-electron chi connectivity index (χ4n) is 2.97. The minimum absolute atomic E-state index is 0.0332. The number of carboxylic acid groups (broad SMARTS) is 1. The lowest BCUT2D eigenvalue weighted by atomic mass is 10.0. The molecule has 0 saturated carbocycles. The normalized spacial score (nSPS) is 11.4. The summed E-state index contributed by atoms with van der Waals surface area (Å²) in [6.45, 7) is 2.13. The van der Waals surface area contributed by atoms with E-state index in [1.165, 1.54) is 12.1 Å². The Labute approximate surface area is 171 Å². The largest absolute Gasteiger partial charge is 0.478 e. The van der Waals surface area contributed by atoms with Gasteiger partial charge in [0.1, 0.15) is 0 Å². The van der Waals surface area contributed by atoms with Gasteiger partial charge in [0.2, 0.25) is 10.0 Å². The number of rotatable bonds is 11. The number of halogens is 1. The lowest BCUT2D eigenvalue weighted by molar-refractivity contribution is 0.0698.